The minimum Gasteiger partial charge on any atom is -0.312 e. The van der Waals surface area contributed by atoms with Crippen molar-refractivity contribution in [3.05, 3.63) is 0 Å². The highest BCUT2D eigenvalue weighted by atomic mass is 15.2. The summed E-state index contributed by atoms with van der Waals surface area (Å²) in [5, 5.41) is 3.72. The van der Waals surface area contributed by atoms with Crippen LogP contribution < -0.4 is 5.32 Å². The van der Waals surface area contributed by atoms with Crippen LogP contribution in [0.2, 0.25) is 0 Å². The van der Waals surface area contributed by atoms with Crippen molar-refractivity contribution in [1.29, 1.82) is 0 Å². The van der Waals surface area contributed by atoms with Crippen LogP contribution in [0.15, 0.2) is 0 Å². The molecular formula is C15H28N2. The van der Waals surface area contributed by atoms with Crippen LogP contribution >= 0.6 is 0 Å². The Kier molecular flexibility index (Phi) is 3.72. The Morgan fingerprint density at radius 3 is 2.88 bits per heavy atom. The van der Waals surface area contributed by atoms with Gasteiger partial charge < -0.3 is 10.2 Å². The molecule has 0 aromatic rings. The van der Waals surface area contributed by atoms with E-state index in [1.54, 1.807) is 0 Å². The van der Waals surface area contributed by atoms with Crippen LogP contribution in [0.1, 0.15) is 45.4 Å². The van der Waals surface area contributed by atoms with Crippen molar-refractivity contribution in [2.45, 2.75) is 51.5 Å². The maximum atomic E-state index is 3.72. The van der Waals surface area contributed by atoms with Crippen molar-refractivity contribution in [1.82, 2.24) is 10.2 Å². The number of nitrogens with one attached hydrogen (secondary N) is 1. The van der Waals surface area contributed by atoms with Crippen molar-refractivity contribution < 1.29 is 0 Å². The molecule has 17 heavy (non-hydrogen) atoms. The molecule has 0 aromatic carbocycles. The van der Waals surface area contributed by atoms with Crippen molar-refractivity contribution >= 4 is 0 Å². The van der Waals surface area contributed by atoms with E-state index in [-0.39, 0.29) is 0 Å². The summed E-state index contributed by atoms with van der Waals surface area (Å²) >= 11 is 0. The van der Waals surface area contributed by atoms with Crippen LogP contribution in [0.5, 0.6) is 0 Å². The van der Waals surface area contributed by atoms with Crippen LogP contribution in [0.25, 0.3) is 0 Å². The molecule has 2 nitrogen and oxygen atoms in total. The zero-order valence-electron chi connectivity index (χ0n) is 11.3. The fourth-order valence-electron chi connectivity index (χ4n) is 4.38. The first-order valence-corrected chi connectivity index (χ1v) is 7.77. The molecule has 2 unspecified atom stereocenters. The minimum atomic E-state index is 0.824. The number of fused-ring (bicyclic) bond motifs is 1. The van der Waals surface area contributed by atoms with Crippen LogP contribution in [0.3, 0.4) is 0 Å². The Balaban J connectivity index is 1.49. The van der Waals surface area contributed by atoms with Gasteiger partial charge in [0.1, 0.15) is 0 Å². The van der Waals surface area contributed by atoms with Crippen LogP contribution in [-0.2, 0) is 0 Å². The highest BCUT2D eigenvalue weighted by Gasteiger charge is 2.35. The second kappa shape index (κ2) is 5.27. The first kappa shape index (κ1) is 12.0. The molecule has 0 aromatic heterocycles. The van der Waals surface area contributed by atoms with Crippen LogP contribution in [0, 0.1) is 17.8 Å². The van der Waals surface area contributed by atoms with E-state index in [1.165, 1.54) is 64.7 Å². The molecular weight excluding hydrogens is 208 g/mol. The Labute approximate surface area is 106 Å². The molecule has 3 rings (SSSR count). The maximum absolute atomic E-state index is 3.72. The highest BCUT2D eigenvalue weighted by molar-refractivity contribution is 4.92. The largest absolute Gasteiger partial charge is 0.312 e. The summed E-state index contributed by atoms with van der Waals surface area (Å²) in [4.78, 5) is 2.76. The SMILES string of the molecule is CC1CCCC(CN2C[C@@H]3CCCN[C@@H]3C2)C1. The third kappa shape index (κ3) is 2.85. The molecule has 0 bridgehead atoms. The lowest BCUT2D eigenvalue weighted by molar-refractivity contribution is 0.199. The Morgan fingerprint density at radius 2 is 2.06 bits per heavy atom. The number of hydrogen-bond acceptors (Lipinski definition) is 2. The van der Waals surface area contributed by atoms with Crippen LogP contribution in [0.4, 0.5) is 0 Å². The van der Waals surface area contributed by atoms with Gasteiger partial charge in [-0.05, 0) is 50.0 Å². The predicted molar refractivity (Wildman–Crippen MR) is 72.1 cm³/mol. The Morgan fingerprint density at radius 1 is 1.12 bits per heavy atom. The number of piperidine rings is 1. The number of rotatable bonds is 2. The molecule has 3 aliphatic rings. The molecule has 2 saturated heterocycles. The molecule has 1 saturated carbocycles. The molecule has 0 spiro atoms. The van der Waals surface area contributed by atoms with Gasteiger partial charge in [-0.25, -0.2) is 0 Å². The number of nitrogens with zero attached hydrogens (tertiary/aromatic N) is 1. The second-order valence-electron chi connectivity index (χ2n) is 6.82. The normalized spacial score (nSPS) is 43.6. The van der Waals surface area contributed by atoms with Gasteiger partial charge in [0.25, 0.3) is 0 Å². The summed E-state index contributed by atoms with van der Waals surface area (Å²) in [7, 11) is 0. The zero-order chi connectivity index (χ0) is 11.7. The Hall–Kier alpha value is -0.0800. The highest BCUT2D eigenvalue weighted by Crippen LogP contribution is 2.31. The summed E-state index contributed by atoms with van der Waals surface area (Å²) in [5.74, 6) is 2.94. The monoisotopic (exact) mass is 236 g/mol. The van der Waals surface area contributed by atoms with Gasteiger partial charge in [-0.3, -0.25) is 0 Å². The second-order valence-corrected chi connectivity index (χ2v) is 6.82. The van der Waals surface area contributed by atoms with Crippen molar-refractivity contribution in [2.75, 3.05) is 26.2 Å². The van der Waals surface area contributed by atoms with E-state index >= 15 is 0 Å². The van der Waals surface area contributed by atoms with Crippen molar-refractivity contribution in [3.8, 4) is 0 Å². The third-order valence-electron chi connectivity index (χ3n) is 5.24. The lowest BCUT2D eigenvalue weighted by Crippen LogP contribution is -2.41. The molecule has 1 aliphatic carbocycles. The fourth-order valence-corrected chi connectivity index (χ4v) is 4.38. The van der Waals surface area contributed by atoms with E-state index in [1.807, 2.05) is 0 Å². The molecule has 2 heteroatoms. The van der Waals surface area contributed by atoms with Gasteiger partial charge in [0.2, 0.25) is 0 Å². The van der Waals surface area contributed by atoms with Gasteiger partial charge in [-0.15, -0.1) is 0 Å². The van der Waals surface area contributed by atoms with Gasteiger partial charge in [0.05, 0.1) is 0 Å². The Bertz CT molecular complexity index is 239. The van der Waals surface area contributed by atoms with Gasteiger partial charge in [-0.1, -0.05) is 19.8 Å². The van der Waals surface area contributed by atoms with Gasteiger partial charge in [0, 0.05) is 25.7 Å². The van der Waals surface area contributed by atoms with E-state index in [0.717, 1.165) is 23.8 Å². The summed E-state index contributed by atoms with van der Waals surface area (Å²) in [6.45, 7) is 7.80. The van der Waals surface area contributed by atoms with Gasteiger partial charge in [0.15, 0.2) is 0 Å². The third-order valence-corrected chi connectivity index (χ3v) is 5.24. The average molecular weight is 236 g/mol. The molecule has 98 valence electrons. The standard InChI is InChI=1S/C15H28N2/c1-12-4-2-5-13(8-12)9-17-10-14-6-3-7-16-15(14)11-17/h12-16H,2-11H2,1H3/t12?,13?,14-,15+/m0/s1. The van der Waals surface area contributed by atoms with Crippen molar-refractivity contribution in [2.24, 2.45) is 17.8 Å². The quantitative estimate of drug-likeness (QED) is 0.792. The van der Waals surface area contributed by atoms with Gasteiger partial charge >= 0.3 is 0 Å². The molecule has 2 aliphatic heterocycles. The lowest BCUT2D eigenvalue weighted by Gasteiger charge is -2.30. The zero-order valence-corrected chi connectivity index (χ0v) is 11.3. The maximum Gasteiger partial charge on any atom is 0.0235 e. The topological polar surface area (TPSA) is 15.3 Å². The molecule has 4 atom stereocenters. The van der Waals surface area contributed by atoms with Gasteiger partial charge in [-0.2, -0.15) is 0 Å². The van der Waals surface area contributed by atoms with E-state index in [9.17, 15) is 0 Å². The van der Waals surface area contributed by atoms with Crippen molar-refractivity contribution in [3.63, 3.8) is 0 Å². The molecule has 0 amide bonds. The molecule has 2 heterocycles. The van der Waals surface area contributed by atoms with E-state index in [2.05, 4.69) is 17.1 Å². The number of likely N-dealkylation sites (tertiary alicyclic amines) is 1. The molecule has 3 fully saturated rings. The molecule has 0 radical (unpaired) electrons. The summed E-state index contributed by atoms with van der Waals surface area (Å²) in [6, 6.07) is 0.824. The van der Waals surface area contributed by atoms with E-state index in [4.69, 9.17) is 0 Å². The minimum absolute atomic E-state index is 0.824. The predicted octanol–water partition coefficient (Wildman–Crippen LogP) is 2.50. The first-order valence-electron chi connectivity index (χ1n) is 7.77. The van der Waals surface area contributed by atoms with Crippen LogP contribution in [-0.4, -0.2) is 37.1 Å². The summed E-state index contributed by atoms with van der Waals surface area (Å²) in [6.07, 6.45) is 8.79. The first-order chi connectivity index (χ1) is 8.31. The lowest BCUT2D eigenvalue weighted by atomic mass is 9.82. The van der Waals surface area contributed by atoms with E-state index < -0.39 is 0 Å². The summed E-state index contributed by atoms with van der Waals surface area (Å²) in [5.41, 5.74) is 0. The van der Waals surface area contributed by atoms with E-state index in [0.29, 0.717) is 0 Å². The average Bonchev–Trinajstić information content (AvgIpc) is 2.71. The number of hydrogen-bond donors (Lipinski definition) is 1. The molecule has 1 N–H and O–H groups in total. The smallest absolute Gasteiger partial charge is 0.0235 e. The fraction of sp³-hybridized carbons (Fsp3) is 1.00. The summed E-state index contributed by atoms with van der Waals surface area (Å²) < 4.78 is 0.